The molecule has 0 fully saturated rings. The number of aliphatic imine (C=N–C) groups is 1. The van der Waals surface area contributed by atoms with Crippen molar-refractivity contribution >= 4 is 18.4 Å². The largest absolute Gasteiger partial charge is 0.373 e. The number of amides is 1. The summed E-state index contributed by atoms with van der Waals surface area (Å²) in [7, 11) is 1.82. The molecule has 0 atom stereocenters. The van der Waals surface area contributed by atoms with E-state index in [0.29, 0.717) is 13.1 Å². The van der Waals surface area contributed by atoms with Crippen molar-refractivity contribution in [2.24, 2.45) is 4.99 Å². The van der Waals surface area contributed by atoms with Crippen LogP contribution in [0.2, 0.25) is 0 Å². The van der Waals surface area contributed by atoms with E-state index in [0.717, 1.165) is 41.1 Å². The molecule has 0 aliphatic carbocycles. The van der Waals surface area contributed by atoms with Gasteiger partial charge in [0.2, 0.25) is 0 Å². The molecule has 1 aliphatic heterocycles. The van der Waals surface area contributed by atoms with Gasteiger partial charge in [-0.05, 0) is 32.2 Å². The summed E-state index contributed by atoms with van der Waals surface area (Å²) >= 11 is 0. The molecule has 0 spiro atoms. The van der Waals surface area contributed by atoms with E-state index in [4.69, 9.17) is 0 Å². The highest BCUT2D eigenvalue weighted by Gasteiger charge is 2.29. The summed E-state index contributed by atoms with van der Waals surface area (Å²) in [6.07, 6.45) is 7.63. The number of fused-ring (bicyclic) bond motifs is 1. The third-order valence-corrected chi connectivity index (χ3v) is 3.87. The van der Waals surface area contributed by atoms with Gasteiger partial charge in [-0.15, -0.1) is 0 Å². The highest BCUT2D eigenvalue weighted by molar-refractivity contribution is 5.99. The van der Waals surface area contributed by atoms with Crippen molar-refractivity contribution in [2.75, 3.05) is 18.9 Å². The lowest BCUT2D eigenvalue weighted by molar-refractivity contribution is 0.0792. The summed E-state index contributed by atoms with van der Waals surface area (Å²) in [5, 5.41) is 3.05. The number of hydrogen-bond donors (Lipinski definition) is 1. The van der Waals surface area contributed by atoms with Crippen LogP contribution in [0.4, 0.5) is 5.82 Å². The average molecular weight is 312 g/mol. The number of hydrogen-bond acceptors (Lipinski definition) is 4. The van der Waals surface area contributed by atoms with Crippen LogP contribution in [-0.2, 0) is 6.54 Å². The molecule has 1 aromatic rings. The van der Waals surface area contributed by atoms with Crippen LogP contribution in [0.1, 0.15) is 42.6 Å². The number of carbonyl (C=O) groups excluding carboxylic acids is 1. The first kappa shape index (κ1) is 16.9. The Balaban J connectivity index is 2.10. The molecule has 0 bridgehead atoms. The van der Waals surface area contributed by atoms with E-state index in [9.17, 15) is 4.79 Å². The second-order valence-corrected chi connectivity index (χ2v) is 5.68. The Labute approximate surface area is 137 Å². The summed E-state index contributed by atoms with van der Waals surface area (Å²) in [6.45, 7) is 8.92. The normalized spacial score (nSPS) is 14.9. The SMILES string of the molecule is C=N/C(=C\C=C(/C)CN1Cc2c(ccnc2NC)C1=O)CCC. The average Bonchev–Trinajstić information content (AvgIpc) is 2.87. The fraction of sp³-hybridized carbons (Fsp3) is 0.389. The summed E-state index contributed by atoms with van der Waals surface area (Å²) < 4.78 is 0. The maximum Gasteiger partial charge on any atom is 0.254 e. The molecule has 0 saturated carbocycles. The number of carbonyl (C=O) groups is 1. The van der Waals surface area contributed by atoms with Gasteiger partial charge < -0.3 is 10.2 Å². The fourth-order valence-electron chi connectivity index (χ4n) is 2.69. The van der Waals surface area contributed by atoms with Crippen LogP contribution in [0.25, 0.3) is 0 Å². The Hall–Kier alpha value is -2.43. The summed E-state index contributed by atoms with van der Waals surface area (Å²) in [4.78, 5) is 22.6. The highest BCUT2D eigenvalue weighted by Crippen LogP contribution is 2.27. The van der Waals surface area contributed by atoms with Gasteiger partial charge in [0.05, 0.1) is 6.54 Å². The van der Waals surface area contributed by atoms with Gasteiger partial charge in [-0.3, -0.25) is 9.79 Å². The number of aromatic nitrogens is 1. The van der Waals surface area contributed by atoms with E-state index in [1.165, 1.54) is 0 Å². The summed E-state index contributed by atoms with van der Waals surface area (Å²) in [5.41, 5.74) is 3.81. The van der Waals surface area contributed by atoms with Crippen molar-refractivity contribution in [3.05, 3.63) is 46.8 Å². The number of anilines is 1. The second-order valence-electron chi connectivity index (χ2n) is 5.68. The van der Waals surface area contributed by atoms with Crippen LogP contribution in [0.15, 0.2) is 40.7 Å². The Morgan fingerprint density at radius 3 is 2.96 bits per heavy atom. The first-order valence-electron chi connectivity index (χ1n) is 7.88. The minimum absolute atomic E-state index is 0.0613. The first-order chi connectivity index (χ1) is 11.1. The lowest BCUT2D eigenvalue weighted by Crippen LogP contribution is -2.25. The molecule has 2 rings (SSSR count). The predicted molar refractivity (Wildman–Crippen MR) is 94.8 cm³/mol. The Morgan fingerprint density at radius 1 is 1.52 bits per heavy atom. The molecule has 122 valence electrons. The quantitative estimate of drug-likeness (QED) is 0.620. The number of nitrogens with zero attached hydrogens (tertiary/aromatic N) is 3. The van der Waals surface area contributed by atoms with E-state index in [1.54, 1.807) is 12.3 Å². The number of pyridine rings is 1. The first-order valence-corrected chi connectivity index (χ1v) is 7.88. The Kier molecular flexibility index (Phi) is 5.68. The fourth-order valence-corrected chi connectivity index (χ4v) is 2.69. The summed E-state index contributed by atoms with van der Waals surface area (Å²) in [6, 6.07) is 1.79. The minimum Gasteiger partial charge on any atom is -0.373 e. The lowest BCUT2D eigenvalue weighted by Gasteiger charge is -2.15. The molecule has 0 saturated heterocycles. The van der Waals surface area contributed by atoms with E-state index in [1.807, 2.05) is 31.0 Å². The van der Waals surface area contributed by atoms with Crippen molar-refractivity contribution in [1.29, 1.82) is 0 Å². The molecule has 0 aromatic carbocycles. The second kappa shape index (κ2) is 7.72. The van der Waals surface area contributed by atoms with Crippen LogP contribution in [0, 0.1) is 0 Å². The van der Waals surface area contributed by atoms with E-state index in [-0.39, 0.29) is 5.91 Å². The highest BCUT2D eigenvalue weighted by atomic mass is 16.2. The molecule has 2 heterocycles. The molecule has 5 heteroatoms. The molecular weight excluding hydrogens is 288 g/mol. The molecule has 1 amide bonds. The van der Waals surface area contributed by atoms with E-state index in [2.05, 4.69) is 28.9 Å². The standard InChI is InChI=1S/C18H24N4O/c1-5-6-14(19-3)8-7-13(2)11-22-12-16-15(18(22)23)9-10-21-17(16)20-4/h7-10H,3,5-6,11-12H2,1-2,4H3,(H,20,21)/b13-7+,14-8-. The van der Waals surface area contributed by atoms with Crippen molar-refractivity contribution in [3.8, 4) is 0 Å². The van der Waals surface area contributed by atoms with Gasteiger partial charge in [-0.2, -0.15) is 0 Å². The van der Waals surface area contributed by atoms with Crippen molar-refractivity contribution in [1.82, 2.24) is 9.88 Å². The van der Waals surface area contributed by atoms with Crippen LogP contribution in [0.5, 0.6) is 0 Å². The van der Waals surface area contributed by atoms with Gasteiger partial charge in [-0.25, -0.2) is 4.98 Å². The molecule has 1 aromatic heterocycles. The maximum atomic E-state index is 12.5. The van der Waals surface area contributed by atoms with E-state index >= 15 is 0 Å². The van der Waals surface area contributed by atoms with Crippen LogP contribution < -0.4 is 5.32 Å². The van der Waals surface area contributed by atoms with Crippen molar-refractivity contribution in [2.45, 2.75) is 33.2 Å². The Morgan fingerprint density at radius 2 is 2.30 bits per heavy atom. The van der Waals surface area contributed by atoms with E-state index < -0.39 is 0 Å². The third-order valence-electron chi connectivity index (χ3n) is 3.87. The molecule has 1 N–H and O–H groups in total. The number of allylic oxidation sites excluding steroid dienone is 3. The Bertz CT molecular complexity index is 661. The lowest BCUT2D eigenvalue weighted by atomic mass is 10.1. The molecule has 0 radical (unpaired) electrons. The van der Waals surface area contributed by atoms with Gasteiger partial charge in [0.1, 0.15) is 5.82 Å². The van der Waals surface area contributed by atoms with Gasteiger partial charge in [0, 0.05) is 36.6 Å². The van der Waals surface area contributed by atoms with Gasteiger partial charge in [0.25, 0.3) is 5.91 Å². The zero-order valence-corrected chi connectivity index (χ0v) is 14.1. The number of nitrogens with one attached hydrogen (secondary N) is 1. The smallest absolute Gasteiger partial charge is 0.254 e. The zero-order chi connectivity index (χ0) is 16.8. The molecule has 0 unspecified atom stereocenters. The molecule has 23 heavy (non-hydrogen) atoms. The topological polar surface area (TPSA) is 57.6 Å². The zero-order valence-electron chi connectivity index (χ0n) is 14.1. The molecule has 5 nitrogen and oxygen atoms in total. The minimum atomic E-state index is 0.0613. The molecule has 1 aliphatic rings. The van der Waals surface area contributed by atoms with Gasteiger partial charge in [-0.1, -0.05) is 25.0 Å². The molecular formula is C18H24N4O. The third kappa shape index (κ3) is 3.86. The monoisotopic (exact) mass is 312 g/mol. The van der Waals surface area contributed by atoms with Crippen LogP contribution in [-0.4, -0.2) is 36.1 Å². The van der Waals surface area contributed by atoms with Crippen molar-refractivity contribution in [3.63, 3.8) is 0 Å². The predicted octanol–water partition coefficient (Wildman–Crippen LogP) is 3.41. The maximum absolute atomic E-state index is 12.5. The van der Waals surface area contributed by atoms with Crippen LogP contribution in [0.3, 0.4) is 0 Å². The van der Waals surface area contributed by atoms with Gasteiger partial charge >= 0.3 is 0 Å². The van der Waals surface area contributed by atoms with Crippen molar-refractivity contribution < 1.29 is 4.79 Å². The van der Waals surface area contributed by atoms with Gasteiger partial charge in [0.15, 0.2) is 0 Å². The summed E-state index contributed by atoms with van der Waals surface area (Å²) in [5.74, 6) is 0.840. The number of rotatable bonds is 7. The van der Waals surface area contributed by atoms with Crippen LogP contribution >= 0.6 is 0 Å².